The van der Waals surface area contributed by atoms with Crippen molar-refractivity contribution in [3.8, 4) is 33.4 Å². The molecule has 2 saturated carbocycles. The molecule has 6 heterocycles. The van der Waals surface area contributed by atoms with Crippen molar-refractivity contribution in [2.24, 2.45) is 5.92 Å². The van der Waals surface area contributed by atoms with E-state index in [1.165, 1.54) is 12.8 Å². The predicted octanol–water partition coefficient (Wildman–Crippen LogP) is 10.6. The lowest BCUT2D eigenvalue weighted by Gasteiger charge is -2.10. The first-order valence-corrected chi connectivity index (χ1v) is 23.6. The Hall–Kier alpha value is -6.88. The highest BCUT2D eigenvalue weighted by Crippen LogP contribution is 2.43. The summed E-state index contributed by atoms with van der Waals surface area (Å²) >= 11 is 3.38. The summed E-state index contributed by atoms with van der Waals surface area (Å²) in [6.45, 7) is 14.1. The predicted molar refractivity (Wildman–Crippen MR) is 272 cm³/mol. The summed E-state index contributed by atoms with van der Waals surface area (Å²) in [7, 11) is -1.57. The van der Waals surface area contributed by atoms with Gasteiger partial charge in [0.2, 0.25) is 0 Å². The van der Waals surface area contributed by atoms with E-state index in [-0.39, 0.29) is 11.1 Å². The Morgan fingerprint density at radius 2 is 1.12 bits per heavy atom. The molecule has 0 saturated heterocycles. The summed E-state index contributed by atoms with van der Waals surface area (Å²) in [6, 6.07) is 23.2. The Morgan fingerprint density at radius 1 is 0.632 bits per heavy atom. The van der Waals surface area contributed by atoms with Crippen LogP contribution in [0.3, 0.4) is 0 Å². The van der Waals surface area contributed by atoms with Gasteiger partial charge < -0.3 is 39.0 Å². The quantitative estimate of drug-likeness (QED) is 0.0867. The average molecular weight is 976 g/mol. The minimum atomic E-state index is -1.57. The summed E-state index contributed by atoms with van der Waals surface area (Å²) in [6.07, 6.45) is 7.96. The summed E-state index contributed by atoms with van der Waals surface area (Å²) in [4.78, 5) is 45.4. The highest BCUT2D eigenvalue weighted by atomic mass is 79.9. The number of nitrogens with zero attached hydrogens (tertiary/aromatic N) is 4. The molecule has 2 aliphatic carbocycles. The highest BCUT2D eigenvalue weighted by molar-refractivity contribution is 9.10. The number of rotatable bonds is 6. The third kappa shape index (κ3) is 9.48. The Balaban J connectivity index is 0.000000133. The average Bonchev–Trinajstić information content (AvgIpc) is 4.20. The molecule has 0 spiro atoms. The molecule has 4 aromatic carbocycles. The molecule has 0 atom stereocenters. The number of imidazole rings is 2. The van der Waals surface area contributed by atoms with Gasteiger partial charge in [0.15, 0.2) is 0 Å². The molecule has 0 bridgehead atoms. The molecule has 6 N–H and O–H groups in total. The van der Waals surface area contributed by atoms with Crippen LogP contribution < -0.4 is 16.6 Å². The van der Waals surface area contributed by atoms with Crippen LogP contribution in [0.5, 0.6) is 0 Å². The molecule has 2 fully saturated rings. The lowest BCUT2D eigenvalue weighted by atomic mass is 9.78. The molecular formula is C52H52BBrN8O6. The summed E-state index contributed by atoms with van der Waals surface area (Å²) < 4.78 is 11.6. The fourth-order valence-electron chi connectivity index (χ4n) is 8.52. The molecule has 0 aliphatic heterocycles. The number of aryl methyl sites for hydroxylation is 4. The van der Waals surface area contributed by atoms with E-state index in [4.69, 9.17) is 14.0 Å². The van der Waals surface area contributed by atoms with Crippen molar-refractivity contribution in [3.05, 3.63) is 145 Å². The number of pyridine rings is 2. The second-order valence-electron chi connectivity index (χ2n) is 18.3. The zero-order valence-corrected chi connectivity index (χ0v) is 40.5. The summed E-state index contributed by atoms with van der Waals surface area (Å²) in [5.74, 6) is 5.28. The number of H-pyrrole nitrogens is 4. The Kier molecular flexibility index (Phi) is 12.9. The molecule has 14 nitrogen and oxygen atoms in total. The van der Waals surface area contributed by atoms with Crippen LogP contribution in [0.4, 0.5) is 0 Å². The van der Waals surface area contributed by atoms with Crippen molar-refractivity contribution in [3.63, 3.8) is 0 Å². The fourth-order valence-corrected chi connectivity index (χ4v) is 9.02. The zero-order chi connectivity index (χ0) is 48.0. The fraction of sp³-hybridized carbons (Fsp3) is 0.269. The van der Waals surface area contributed by atoms with Gasteiger partial charge in [-0.05, 0) is 130 Å². The molecule has 6 aromatic heterocycles. The standard InChI is InChI=1S/C24H20N4O2.C15H16BN3O3.C9H6BrNO.C4H10/c1-12-21(13(2)30-28-12)15-10-19(22-20(11-15)26-23(27-22)14-6-7-14)16-4-3-5-18-17(16)8-9-25-24(18)29;1-7-13(8(2)22-19-7)10-5-11(16(20)21)14-12(6-10)17-15(18-14)9-3-4-9;10-8-3-1-2-7-6(8)4-5-11-9(7)12;1-4(2)3/h3-5,8-11,14H,6-7H2,1-2H3,(H,25,29)(H,26,27);5-6,9,20-21H,3-4H2,1-2H3,(H,17,18);1-5H,(H,11,12);4H,1-3H3. The van der Waals surface area contributed by atoms with E-state index in [9.17, 15) is 19.6 Å². The number of benzene rings is 4. The monoisotopic (exact) mass is 974 g/mol. The van der Waals surface area contributed by atoms with Crippen LogP contribution in [-0.2, 0) is 0 Å². The molecule has 10 aromatic rings. The van der Waals surface area contributed by atoms with Crippen molar-refractivity contribution >= 4 is 72.1 Å². The molecule has 16 heteroatoms. The molecule has 346 valence electrons. The van der Waals surface area contributed by atoms with Gasteiger partial charge in [0.1, 0.15) is 23.2 Å². The van der Waals surface area contributed by atoms with Gasteiger partial charge in [0.05, 0.1) is 33.5 Å². The van der Waals surface area contributed by atoms with Crippen LogP contribution in [0.25, 0.3) is 77.0 Å². The second-order valence-corrected chi connectivity index (χ2v) is 19.1. The Morgan fingerprint density at radius 3 is 1.62 bits per heavy atom. The largest absolute Gasteiger partial charge is 0.490 e. The van der Waals surface area contributed by atoms with Gasteiger partial charge in [-0.3, -0.25) is 9.59 Å². The zero-order valence-electron chi connectivity index (χ0n) is 38.9. The number of aromatic nitrogens is 8. The SMILES string of the molecule is CC(C)C.Cc1noc(C)c1-c1cc(-c2cccc3c(=O)[nH]ccc23)c2nc(C3CC3)[nH]c2c1.Cc1noc(C)c1-c1cc(B(O)O)c2nc(C3CC3)[nH]c2c1.O=c1[nH]ccc2c(Br)cccc12. The van der Waals surface area contributed by atoms with E-state index >= 15 is 0 Å². The van der Waals surface area contributed by atoms with E-state index in [0.717, 1.165) is 113 Å². The molecule has 0 radical (unpaired) electrons. The first kappa shape index (κ1) is 46.2. The minimum absolute atomic E-state index is 0.0474. The molecule has 2 aliphatic rings. The molecule has 0 amide bonds. The first-order chi connectivity index (χ1) is 32.7. The van der Waals surface area contributed by atoms with Crippen molar-refractivity contribution in [1.29, 1.82) is 0 Å². The maximum atomic E-state index is 12.4. The smallest absolute Gasteiger partial charge is 0.423 e. The van der Waals surface area contributed by atoms with Gasteiger partial charge in [-0.1, -0.05) is 71.3 Å². The lowest BCUT2D eigenvalue weighted by molar-refractivity contribution is 0.393. The molecule has 68 heavy (non-hydrogen) atoms. The van der Waals surface area contributed by atoms with E-state index in [1.54, 1.807) is 24.5 Å². The molecular weight excluding hydrogens is 923 g/mol. The third-order valence-electron chi connectivity index (χ3n) is 12.0. The van der Waals surface area contributed by atoms with E-state index < -0.39 is 7.12 Å². The van der Waals surface area contributed by atoms with Crippen molar-refractivity contribution in [1.82, 2.24) is 40.2 Å². The molecule has 0 unspecified atom stereocenters. The van der Waals surface area contributed by atoms with Crippen molar-refractivity contribution < 1.29 is 19.1 Å². The number of halogens is 1. The van der Waals surface area contributed by atoms with E-state index in [2.05, 4.69) is 90.1 Å². The van der Waals surface area contributed by atoms with Crippen LogP contribution >= 0.6 is 15.9 Å². The number of hydrogen-bond donors (Lipinski definition) is 6. The summed E-state index contributed by atoms with van der Waals surface area (Å²) in [5, 5.41) is 30.8. The van der Waals surface area contributed by atoms with Crippen LogP contribution in [-0.4, -0.2) is 57.4 Å². The van der Waals surface area contributed by atoms with Crippen LogP contribution in [0, 0.1) is 33.6 Å². The van der Waals surface area contributed by atoms with Crippen molar-refractivity contribution in [2.75, 3.05) is 0 Å². The van der Waals surface area contributed by atoms with Crippen LogP contribution in [0.2, 0.25) is 0 Å². The van der Waals surface area contributed by atoms with Gasteiger partial charge in [-0.15, -0.1) is 0 Å². The third-order valence-corrected chi connectivity index (χ3v) is 12.6. The van der Waals surface area contributed by atoms with Gasteiger partial charge >= 0.3 is 7.12 Å². The molecule has 12 rings (SSSR count). The van der Waals surface area contributed by atoms with Crippen LogP contribution in [0.15, 0.2) is 108 Å². The topological polar surface area (TPSA) is 216 Å². The lowest BCUT2D eigenvalue weighted by Crippen LogP contribution is -2.30. The van der Waals surface area contributed by atoms with Gasteiger partial charge in [-0.25, -0.2) is 9.97 Å². The number of aromatic amines is 4. The Labute approximate surface area is 399 Å². The normalized spacial score (nSPS) is 13.3. The highest BCUT2D eigenvalue weighted by Gasteiger charge is 2.30. The minimum Gasteiger partial charge on any atom is -0.423 e. The van der Waals surface area contributed by atoms with Gasteiger partial charge in [-0.2, -0.15) is 0 Å². The summed E-state index contributed by atoms with van der Waals surface area (Å²) in [5.41, 5.74) is 11.0. The maximum Gasteiger partial charge on any atom is 0.490 e. The first-order valence-electron chi connectivity index (χ1n) is 22.8. The number of hydrogen-bond acceptors (Lipinski definition) is 10. The van der Waals surface area contributed by atoms with Crippen molar-refractivity contribution in [2.45, 2.75) is 86.0 Å². The van der Waals surface area contributed by atoms with Crippen LogP contribution in [0.1, 0.15) is 92.8 Å². The number of fused-ring (bicyclic) bond motifs is 4. The van der Waals surface area contributed by atoms with E-state index in [0.29, 0.717) is 39.3 Å². The second kappa shape index (κ2) is 19.0. The van der Waals surface area contributed by atoms with Gasteiger partial charge in [0, 0.05) is 67.0 Å². The number of nitrogens with one attached hydrogen (secondary N) is 4. The van der Waals surface area contributed by atoms with E-state index in [1.807, 2.05) is 70.2 Å². The Bertz CT molecular complexity index is 3550. The maximum absolute atomic E-state index is 12.4. The van der Waals surface area contributed by atoms with Gasteiger partial charge in [0.25, 0.3) is 11.1 Å².